The van der Waals surface area contributed by atoms with E-state index in [4.69, 9.17) is 16.3 Å². The van der Waals surface area contributed by atoms with Crippen molar-refractivity contribution in [2.45, 2.75) is 18.4 Å². The van der Waals surface area contributed by atoms with Gasteiger partial charge in [-0.3, -0.25) is 4.90 Å². The summed E-state index contributed by atoms with van der Waals surface area (Å²) in [5.74, 6) is 0. The zero-order chi connectivity index (χ0) is 16.1. The third-order valence-corrected chi connectivity index (χ3v) is 5.80. The van der Waals surface area contributed by atoms with Crippen LogP contribution >= 0.6 is 22.9 Å². The Labute approximate surface area is 146 Å². The van der Waals surface area contributed by atoms with Gasteiger partial charge in [-0.1, -0.05) is 35.9 Å². The van der Waals surface area contributed by atoms with Crippen LogP contribution in [-0.4, -0.2) is 42.9 Å². The van der Waals surface area contributed by atoms with Crippen molar-refractivity contribution < 1.29 is 9.84 Å². The summed E-state index contributed by atoms with van der Waals surface area (Å²) in [5, 5.41) is 14.1. The third-order valence-electron chi connectivity index (χ3n) is 4.37. The Bertz CT molecular complexity index is 613. The third kappa shape index (κ3) is 4.34. The molecule has 3 nitrogen and oxygen atoms in total. The van der Waals surface area contributed by atoms with Crippen LogP contribution in [0.2, 0.25) is 5.02 Å². The number of aliphatic hydroxyl groups is 1. The molecular formula is C18H22ClNO2S. The summed E-state index contributed by atoms with van der Waals surface area (Å²) in [4.78, 5) is 3.36. The Morgan fingerprint density at radius 1 is 1.17 bits per heavy atom. The number of morpholine rings is 1. The molecule has 5 heteroatoms. The summed E-state index contributed by atoms with van der Waals surface area (Å²) >= 11 is 7.91. The zero-order valence-electron chi connectivity index (χ0n) is 13.1. The minimum Gasteiger partial charge on any atom is -0.384 e. The largest absolute Gasteiger partial charge is 0.384 e. The Kier molecular flexibility index (Phi) is 5.72. The van der Waals surface area contributed by atoms with Gasteiger partial charge in [-0.05, 0) is 29.5 Å². The average Bonchev–Trinajstić information content (AvgIpc) is 3.12. The van der Waals surface area contributed by atoms with Gasteiger partial charge in [0.15, 0.2) is 0 Å². The summed E-state index contributed by atoms with van der Waals surface area (Å²) in [5.41, 5.74) is 0.115. The SMILES string of the molecule is OC(CCN1CCOCC1)(Cc1ccccc1Cl)c1cccs1. The fourth-order valence-electron chi connectivity index (χ4n) is 2.97. The maximum atomic E-state index is 11.4. The number of nitrogens with zero attached hydrogens (tertiary/aromatic N) is 1. The monoisotopic (exact) mass is 351 g/mol. The van der Waals surface area contributed by atoms with Crippen molar-refractivity contribution >= 4 is 22.9 Å². The van der Waals surface area contributed by atoms with Crippen molar-refractivity contribution in [2.75, 3.05) is 32.8 Å². The van der Waals surface area contributed by atoms with Gasteiger partial charge in [0.05, 0.1) is 13.2 Å². The molecule has 0 amide bonds. The van der Waals surface area contributed by atoms with E-state index in [0.717, 1.165) is 43.3 Å². The predicted molar refractivity (Wildman–Crippen MR) is 95.2 cm³/mol. The summed E-state index contributed by atoms with van der Waals surface area (Å²) in [6, 6.07) is 11.8. The average molecular weight is 352 g/mol. The van der Waals surface area contributed by atoms with Crippen LogP contribution < -0.4 is 0 Å². The molecule has 1 aromatic heterocycles. The van der Waals surface area contributed by atoms with E-state index in [-0.39, 0.29) is 0 Å². The topological polar surface area (TPSA) is 32.7 Å². The number of thiophene rings is 1. The Morgan fingerprint density at radius 2 is 1.96 bits per heavy atom. The normalized spacial score (nSPS) is 18.7. The molecule has 1 aliphatic rings. The molecule has 1 aliphatic heterocycles. The quantitative estimate of drug-likeness (QED) is 0.863. The molecule has 1 unspecified atom stereocenters. The molecule has 1 aromatic carbocycles. The summed E-state index contributed by atoms with van der Waals surface area (Å²) in [7, 11) is 0. The lowest BCUT2D eigenvalue weighted by Gasteiger charge is -2.32. The predicted octanol–water partition coefficient (Wildman–Crippen LogP) is 3.55. The summed E-state index contributed by atoms with van der Waals surface area (Å²) in [6.45, 7) is 4.30. The van der Waals surface area contributed by atoms with Crippen LogP contribution in [0.15, 0.2) is 41.8 Å². The zero-order valence-corrected chi connectivity index (χ0v) is 14.7. The van der Waals surface area contributed by atoms with E-state index in [0.29, 0.717) is 17.9 Å². The van der Waals surface area contributed by atoms with E-state index in [1.54, 1.807) is 11.3 Å². The number of halogens is 1. The van der Waals surface area contributed by atoms with Crippen LogP contribution in [0, 0.1) is 0 Å². The van der Waals surface area contributed by atoms with E-state index in [2.05, 4.69) is 4.90 Å². The van der Waals surface area contributed by atoms with Gasteiger partial charge in [0.25, 0.3) is 0 Å². The summed E-state index contributed by atoms with van der Waals surface area (Å²) in [6.07, 6.45) is 1.23. The van der Waals surface area contributed by atoms with Crippen molar-refractivity contribution in [3.8, 4) is 0 Å². The van der Waals surface area contributed by atoms with E-state index in [9.17, 15) is 5.11 Å². The lowest BCUT2D eigenvalue weighted by Crippen LogP contribution is -2.40. The lowest BCUT2D eigenvalue weighted by molar-refractivity contribution is -0.00246. The first-order valence-corrected chi connectivity index (χ1v) is 9.23. The first-order chi connectivity index (χ1) is 11.2. The van der Waals surface area contributed by atoms with Crippen LogP contribution in [0.4, 0.5) is 0 Å². The molecule has 1 saturated heterocycles. The molecule has 1 N–H and O–H groups in total. The van der Waals surface area contributed by atoms with Crippen LogP contribution in [0.25, 0.3) is 0 Å². The highest BCUT2D eigenvalue weighted by Gasteiger charge is 2.32. The van der Waals surface area contributed by atoms with Crippen molar-refractivity contribution in [1.29, 1.82) is 0 Å². The molecule has 2 heterocycles. The Balaban J connectivity index is 1.75. The number of hydrogen-bond acceptors (Lipinski definition) is 4. The minimum atomic E-state index is -0.878. The molecule has 1 atom stereocenters. The molecule has 2 aromatic rings. The van der Waals surface area contributed by atoms with Crippen LogP contribution in [-0.2, 0) is 16.8 Å². The molecule has 0 radical (unpaired) electrons. The molecule has 0 spiro atoms. The number of rotatable bonds is 6. The number of ether oxygens (including phenoxy) is 1. The highest BCUT2D eigenvalue weighted by molar-refractivity contribution is 7.10. The van der Waals surface area contributed by atoms with E-state index in [1.165, 1.54) is 0 Å². The molecule has 124 valence electrons. The first-order valence-electron chi connectivity index (χ1n) is 7.97. The Hall–Kier alpha value is -0.910. The van der Waals surface area contributed by atoms with Crippen molar-refractivity contribution in [2.24, 2.45) is 0 Å². The van der Waals surface area contributed by atoms with Crippen LogP contribution in [0.1, 0.15) is 16.9 Å². The molecular weight excluding hydrogens is 330 g/mol. The highest BCUT2D eigenvalue weighted by atomic mass is 35.5. The van der Waals surface area contributed by atoms with Crippen molar-refractivity contribution in [3.05, 3.63) is 57.2 Å². The van der Waals surface area contributed by atoms with Gasteiger partial charge in [0.2, 0.25) is 0 Å². The second-order valence-corrected chi connectivity index (χ2v) is 7.34. The number of benzene rings is 1. The number of hydrogen-bond donors (Lipinski definition) is 1. The molecule has 1 fully saturated rings. The second kappa shape index (κ2) is 7.77. The smallest absolute Gasteiger partial charge is 0.104 e. The maximum absolute atomic E-state index is 11.4. The Morgan fingerprint density at radius 3 is 2.65 bits per heavy atom. The molecule has 0 aliphatic carbocycles. The van der Waals surface area contributed by atoms with Gasteiger partial charge in [-0.25, -0.2) is 0 Å². The second-order valence-electron chi connectivity index (χ2n) is 5.98. The fourth-order valence-corrected chi connectivity index (χ4v) is 4.02. The van der Waals surface area contributed by atoms with Crippen LogP contribution in [0.5, 0.6) is 0 Å². The van der Waals surface area contributed by atoms with Gasteiger partial charge in [-0.2, -0.15) is 0 Å². The van der Waals surface area contributed by atoms with Gasteiger partial charge in [0, 0.05) is 36.0 Å². The highest BCUT2D eigenvalue weighted by Crippen LogP contribution is 2.34. The van der Waals surface area contributed by atoms with Gasteiger partial charge in [-0.15, -0.1) is 11.3 Å². The van der Waals surface area contributed by atoms with Gasteiger partial charge in [0.1, 0.15) is 5.60 Å². The molecule has 0 bridgehead atoms. The summed E-state index contributed by atoms with van der Waals surface area (Å²) < 4.78 is 5.40. The van der Waals surface area contributed by atoms with Crippen LogP contribution in [0.3, 0.4) is 0 Å². The van der Waals surface area contributed by atoms with E-state index < -0.39 is 5.60 Å². The van der Waals surface area contributed by atoms with Crippen molar-refractivity contribution in [3.63, 3.8) is 0 Å². The molecule has 23 heavy (non-hydrogen) atoms. The van der Waals surface area contributed by atoms with Gasteiger partial charge < -0.3 is 9.84 Å². The van der Waals surface area contributed by atoms with E-state index >= 15 is 0 Å². The maximum Gasteiger partial charge on any atom is 0.104 e. The van der Waals surface area contributed by atoms with E-state index in [1.807, 2.05) is 41.8 Å². The van der Waals surface area contributed by atoms with Crippen molar-refractivity contribution in [1.82, 2.24) is 4.90 Å². The molecule has 3 rings (SSSR count). The molecule has 0 saturated carbocycles. The van der Waals surface area contributed by atoms with Gasteiger partial charge >= 0.3 is 0 Å². The lowest BCUT2D eigenvalue weighted by atomic mass is 9.89. The minimum absolute atomic E-state index is 0.539. The fraction of sp³-hybridized carbons (Fsp3) is 0.444. The first kappa shape index (κ1) is 16.9. The standard InChI is InChI=1S/C18H22ClNO2S/c19-16-5-2-1-4-15(16)14-18(21,17-6-3-13-23-17)7-8-20-9-11-22-12-10-20/h1-6,13,21H,7-12,14H2.